The normalized spacial score (nSPS) is 10.4. The van der Waals surface area contributed by atoms with Crippen LogP contribution in [-0.2, 0) is 6.42 Å². The van der Waals surface area contributed by atoms with E-state index in [0.29, 0.717) is 11.5 Å². The highest BCUT2D eigenvalue weighted by molar-refractivity contribution is 5.58. The zero-order chi connectivity index (χ0) is 16.6. The van der Waals surface area contributed by atoms with Gasteiger partial charge >= 0.3 is 0 Å². The predicted octanol–water partition coefficient (Wildman–Crippen LogP) is 4.40. The number of anilines is 3. The molecule has 122 valence electrons. The van der Waals surface area contributed by atoms with Crippen molar-refractivity contribution in [2.24, 2.45) is 0 Å². The number of aryl methyl sites for hydroxylation is 1. The number of nitrogens with one attached hydrogen (secondary N) is 2. The Balaban J connectivity index is 1.51. The first kappa shape index (κ1) is 15.9. The van der Waals surface area contributed by atoms with Crippen molar-refractivity contribution >= 4 is 17.3 Å². The number of hydrogen-bond donors (Lipinski definition) is 2. The molecule has 0 fully saturated rings. The Morgan fingerprint density at radius 2 is 1.71 bits per heavy atom. The molecular weight excluding hydrogens is 303 g/mol. The van der Waals surface area contributed by atoms with Crippen molar-refractivity contribution < 1.29 is 4.39 Å². The molecule has 5 heteroatoms. The number of benzene rings is 2. The van der Waals surface area contributed by atoms with Crippen molar-refractivity contribution in [2.75, 3.05) is 17.2 Å². The monoisotopic (exact) mass is 322 g/mol. The molecule has 0 amide bonds. The summed E-state index contributed by atoms with van der Waals surface area (Å²) in [5.74, 6) is 1.09. The molecule has 0 aliphatic carbocycles. The van der Waals surface area contributed by atoms with Gasteiger partial charge in [0.1, 0.15) is 23.8 Å². The zero-order valence-electron chi connectivity index (χ0n) is 13.2. The molecule has 3 aromatic rings. The van der Waals surface area contributed by atoms with Crippen molar-refractivity contribution in [1.82, 2.24) is 9.97 Å². The van der Waals surface area contributed by atoms with E-state index in [1.807, 2.05) is 12.1 Å². The van der Waals surface area contributed by atoms with Gasteiger partial charge in [0.25, 0.3) is 0 Å². The lowest BCUT2D eigenvalue weighted by Gasteiger charge is -2.09. The van der Waals surface area contributed by atoms with E-state index in [1.54, 1.807) is 12.1 Å². The lowest BCUT2D eigenvalue weighted by molar-refractivity contribution is 0.628. The summed E-state index contributed by atoms with van der Waals surface area (Å²) >= 11 is 0. The Morgan fingerprint density at radius 1 is 0.875 bits per heavy atom. The number of halogens is 1. The summed E-state index contributed by atoms with van der Waals surface area (Å²) in [7, 11) is 0. The minimum atomic E-state index is -0.284. The van der Waals surface area contributed by atoms with E-state index in [-0.39, 0.29) is 5.82 Å². The second-order valence-corrected chi connectivity index (χ2v) is 5.44. The van der Waals surface area contributed by atoms with Crippen molar-refractivity contribution in [2.45, 2.75) is 12.8 Å². The minimum absolute atomic E-state index is 0.284. The van der Waals surface area contributed by atoms with Crippen LogP contribution in [0.4, 0.5) is 21.7 Å². The number of rotatable bonds is 7. The molecule has 0 saturated carbocycles. The second kappa shape index (κ2) is 8.06. The van der Waals surface area contributed by atoms with Crippen LogP contribution in [0.3, 0.4) is 0 Å². The van der Waals surface area contributed by atoms with E-state index in [2.05, 4.69) is 44.9 Å². The summed E-state index contributed by atoms with van der Waals surface area (Å²) in [5, 5.41) is 6.36. The predicted molar refractivity (Wildman–Crippen MR) is 95.0 cm³/mol. The van der Waals surface area contributed by atoms with E-state index in [0.717, 1.165) is 25.2 Å². The van der Waals surface area contributed by atoms with Crippen molar-refractivity contribution in [3.8, 4) is 0 Å². The Kier molecular flexibility index (Phi) is 5.35. The molecule has 0 atom stereocenters. The molecule has 0 spiro atoms. The lowest BCUT2D eigenvalue weighted by atomic mass is 10.1. The molecule has 0 aliphatic rings. The Labute approximate surface area is 140 Å². The molecule has 4 nitrogen and oxygen atoms in total. The molecule has 1 aromatic heterocycles. The fourth-order valence-corrected chi connectivity index (χ4v) is 2.39. The van der Waals surface area contributed by atoms with Crippen LogP contribution in [0, 0.1) is 5.82 Å². The Morgan fingerprint density at radius 3 is 2.54 bits per heavy atom. The molecule has 3 rings (SSSR count). The summed E-state index contributed by atoms with van der Waals surface area (Å²) in [4.78, 5) is 8.36. The van der Waals surface area contributed by atoms with Crippen LogP contribution in [0.25, 0.3) is 0 Å². The first-order valence-corrected chi connectivity index (χ1v) is 7.92. The first-order valence-electron chi connectivity index (χ1n) is 7.92. The molecule has 0 aliphatic heterocycles. The van der Waals surface area contributed by atoms with Crippen LogP contribution in [-0.4, -0.2) is 16.5 Å². The lowest BCUT2D eigenvalue weighted by Crippen LogP contribution is -2.05. The molecular formula is C19H19FN4. The highest BCUT2D eigenvalue weighted by Crippen LogP contribution is 2.17. The van der Waals surface area contributed by atoms with Gasteiger partial charge in [-0.25, -0.2) is 14.4 Å². The van der Waals surface area contributed by atoms with Gasteiger partial charge < -0.3 is 10.6 Å². The van der Waals surface area contributed by atoms with Crippen LogP contribution >= 0.6 is 0 Å². The fraction of sp³-hybridized carbons (Fsp3) is 0.158. The van der Waals surface area contributed by atoms with Gasteiger partial charge in [0.05, 0.1) is 0 Å². The van der Waals surface area contributed by atoms with Crippen LogP contribution < -0.4 is 10.6 Å². The fourth-order valence-electron chi connectivity index (χ4n) is 2.39. The molecule has 0 unspecified atom stereocenters. The zero-order valence-corrected chi connectivity index (χ0v) is 13.2. The summed E-state index contributed by atoms with van der Waals surface area (Å²) in [6.07, 6.45) is 3.52. The molecule has 2 aromatic carbocycles. The van der Waals surface area contributed by atoms with E-state index < -0.39 is 0 Å². The van der Waals surface area contributed by atoms with Crippen molar-refractivity contribution in [3.05, 3.63) is 78.4 Å². The van der Waals surface area contributed by atoms with E-state index in [1.165, 1.54) is 24.0 Å². The van der Waals surface area contributed by atoms with Crippen LogP contribution in [0.2, 0.25) is 0 Å². The topological polar surface area (TPSA) is 49.8 Å². The standard InChI is InChI=1S/C19H19FN4/c20-16-9-4-10-17(12-16)24-19-13-18(22-14-23-19)21-11-5-8-15-6-2-1-3-7-15/h1-4,6-7,9-10,12-14H,5,8,11H2,(H2,21,22,23,24). The molecule has 0 bridgehead atoms. The van der Waals surface area contributed by atoms with Crippen molar-refractivity contribution in [3.63, 3.8) is 0 Å². The summed E-state index contributed by atoms with van der Waals surface area (Å²) in [5.41, 5.74) is 1.99. The maximum atomic E-state index is 13.2. The number of aromatic nitrogens is 2. The molecule has 0 radical (unpaired) electrons. The Hall–Kier alpha value is -2.95. The highest BCUT2D eigenvalue weighted by Gasteiger charge is 2.01. The average Bonchev–Trinajstić information content (AvgIpc) is 2.60. The third-order valence-electron chi connectivity index (χ3n) is 3.56. The third-order valence-corrected chi connectivity index (χ3v) is 3.56. The van der Waals surface area contributed by atoms with Crippen LogP contribution in [0.15, 0.2) is 67.0 Å². The van der Waals surface area contributed by atoms with Crippen LogP contribution in [0.1, 0.15) is 12.0 Å². The van der Waals surface area contributed by atoms with Gasteiger partial charge in [0.2, 0.25) is 0 Å². The Bertz CT molecular complexity index is 777. The smallest absolute Gasteiger partial charge is 0.135 e. The summed E-state index contributed by atoms with van der Waals surface area (Å²) in [6.45, 7) is 0.825. The van der Waals surface area contributed by atoms with Gasteiger partial charge in [-0.3, -0.25) is 0 Å². The second-order valence-electron chi connectivity index (χ2n) is 5.44. The molecule has 24 heavy (non-hydrogen) atoms. The van der Waals surface area contributed by atoms with Gasteiger partial charge in [-0.1, -0.05) is 36.4 Å². The third kappa shape index (κ3) is 4.78. The quantitative estimate of drug-likeness (QED) is 0.633. The van der Waals surface area contributed by atoms with Gasteiger partial charge in [-0.05, 0) is 36.6 Å². The van der Waals surface area contributed by atoms with Gasteiger partial charge in [-0.2, -0.15) is 0 Å². The van der Waals surface area contributed by atoms with Crippen LogP contribution in [0.5, 0.6) is 0 Å². The molecule has 2 N–H and O–H groups in total. The van der Waals surface area contributed by atoms with Gasteiger partial charge in [0.15, 0.2) is 0 Å². The van der Waals surface area contributed by atoms with E-state index in [9.17, 15) is 4.39 Å². The summed E-state index contributed by atoms with van der Waals surface area (Å²) in [6, 6.07) is 18.5. The summed E-state index contributed by atoms with van der Waals surface area (Å²) < 4.78 is 13.2. The largest absolute Gasteiger partial charge is 0.370 e. The van der Waals surface area contributed by atoms with Gasteiger partial charge in [-0.15, -0.1) is 0 Å². The molecule has 1 heterocycles. The number of hydrogen-bond acceptors (Lipinski definition) is 4. The highest BCUT2D eigenvalue weighted by atomic mass is 19.1. The minimum Gasteiger partial charge on any atom is -0.370 e. The van der Waals surface area contributed by atoms with Crippen molar-refractivity contribution in [1.29, 1.82) is 0 Å². The van der Waals surface area contributed by atoms with Gasteiger partial charge in [0, 0.05) is 18.3 Å². The maximum absolute atomic E-state index is 13.2. The average molecular weight is 322 g/mol. The van der Waals surface area contributed by atoms with E-state index >= 15 is 0 Å². The maximum Gasteiger partial charge on any atom is 0.135 e. The SMILES string of the molecule is Fc1cccc(Nc2cc(NCCCc3ccccc3)ncn2)c1. The first-order chi connectivity index (χ1) is 11.8. The molecule has 0 saturated heterocycles. The van der Waals surface area contributed by atoms with E-state index in [4.69, 9.17) is 0 Å². The number of nitrogens with zero attached hydrogens (tertiary/aromatic N) is 2.